The Hall–Kier alpha value is -6.21. The molecule has 0 atom stereocenters. The van der Waals surface area contributed by atoms with E-state index in [2.05, 4.69) is 126 Å². The fourth-order valence-electron chi connectivity index (χ4n) is 7.62. The molecular formula is C45H26N4S2. The number of fused-ring (bicyclic) bond motifs is 10. The number of hydrogen-bond donors (Lipinski definition) is 0. The molecule has 0 unspecified atom stereocenters. The third kappa shape index (κ3) is 4.40. The monoisotopic (exact) mass is 686 g/mol. The van der Waals surface area contributed by atoms with E-state index in [4.69, 9.17) is 15.0 Å². The molecule has 4 heterocycles. The van der Waals surface area contributed by atoms with Gasteiger partial charge in [-0.1, -0.05) is 109 Å². The first kappa shape index (κ1) is 28.6. The van der Waals surface area contributed by atoms with E-state index in [-0.39, 0.29) is 0 Å². The van der Waals surface area contributed by atoms with Crippen molar-refractivity contribution in [2.75, 3.05) is 0 Å². The number of thiophene rings is 2. The van der Waals surface area contributed by atoms with Crippen LogP contribution < -0.4 is 0 Å². The highest BCUT2D eigenvalue weighted by molar-refractivity contribution is 7.26. The van der Waals surface area contributed by atoms with Crippen molar-refractivity contribution < 1.29 is 0 Å². The van der Waals surface area contributed by atoms with Crippen LogP contribution in [0.1, 0.15) is 0 Å². The van der Waals surface area contributed by atoms with Crippen LogP contribution in [0.4, 0.5) is 0 Å². The topological polar surface area (TPSA) is 43.6 Å². The molecule has 0 spiro atoms. The van der Waals surface area contributed by atoms with Crippen LogP contribution in [0, 0.1) is 0 Å². The van der Waals surface area contributed by atoms with E-state index in [0.717, 1.165) is 27.8 Å². The molecule has 0 bridgehead atoms. The summed E-state index contributed by atoms with van der Waals surface area (Å²) in [5.74, 6) is 1.99. The highest BCUT2D eigenvalue weighted by Crippen LogP contribution is 2.45. The Bertz CT molecular complexity index is 3080. The number of aromatic nitrogens is 4. The zero-order valence-corrected chi connectivity index (χ0v) is 28.7. The molecule has 0 aliphatic rings. The number of benzene rings is 7. The molecule has 0 aliphatic carbocycles. The van der Waals surface area contributed by atoms with Gasteiger partial charge in [0.25, 0.3) is 0 Å². The van der Waals surface area contributed by atoms with Crippen LogP contribution in [0.5, 0.6) is 0 Å². The van der Waals surface area contributed by atoms with Crippen LogP contribution in [0.25, 0.3) is 102 Å². The number of nitrogens with zero attached hydrogens (tertiary/aromatic N) is 4. The summed E-state index contributed by atoms with van der Waals surface area (Å²) >= 11 is 3.68. The molecule has 0 radical (unpaired) electrons. The van der Waals surface area contributed by atoms with Gasteiger partial charge in [0.15, 0.2) is 17.5 Å². The Morgan fingerprint density at radius 1 is 0.373 bits per heavy atom. The van der Waals surface area contributed by atoms with Crippen molar-refractivity contribution in [1.29, 1.82) is 0 Å². The zero-order chi connectivity index (χ0) is 33.5. The van der Waals surface area contributed by atoms with E-state index >= 15 is 0 Å². The molecular weight excluding hydrogens is 661 g/mol. The average Bonchev–Trinajstić information content (AvgIpc) is 3.87. The van der Waals surface area contributed by atoms with E-state index in [9.17, 15) is 0 Å². The first-order valence-corrected chi connectivity index (χ1v) is 18.6. The summed E-state index contributed by atoms with van der Waals surface area (Å²) in [6.45, 7) is 0. The summed E-state index contributed by atoms with van der Waals surface area (Å²) in [6, 6.07) is 55.9. The Labute approximate surface area is 300 Å². The molecule has 11 aromatic rings. The predicted octanol–water partition coefficient (Wildman–Crippen LogP) is 12.7. The minimum atomic E-state index is 0.661. The van der Waals surface area contributed by atoms with Crippen LogP contribution >= 0.6 is 22.7 Å². The summed E-state index contributed by atoms with van der Waals surface area (Å²) in [5.41, 5.74) is 6.47. The Balaban J connectivity index is 1.18. The van der Waals surface area contributed by atoms with Crippen LogP contribution in [-0.4, -0.2) is 19.5 Å². The molecule has 238 valence electrons. The van der Waals surface area contributed by atoms with Crippen molar-refractivity contribution >= 4 is 84.8 Å². The van der Waals surface area contributed by atoms with E-state index in [1.807, 2.05) is 59.1 Å². The van der Waals surface area contributed by atoms with E-state index in [1.54, 1.807) is 0 Å². The second kappa shape index (κ2) is 11.2. The molecule has 6 heteroatoms. The fourth-order valence-corrected chi connectivity index (χ4v) is 9.85. The molecule has 0 amide bonds. The SMILES string of the molecule is c1ccc(-c2nc(-c3ccccc3)nc(-c3cccc4sc5ccc(-n6c7ccccc7c7c8c(ccc76)sc6ccccc68)cc5c34)n2)cc1. The van der Waals surface area contributed by atoms with Crippen molar-refractivity contribution in [1.82, 2.24) is 19.5 Å². The molecule has 0 fully saturated rings. The van der Waals surface area contributed by atoms with Crippen molar-refractivity contribution in [3.05, 3.63) is 158 Å². The highest BCUT2D eigenvalue weighted by Gasteiger charge is 2.20. The molecule has 51 heavy (non-hydrogen) atoms. The first-order chi connectivity index (χ1) is 25.3. The minimum Gasteiger partial charge on any atom is -0.309 e. The van der Waals surface area contributed by atoms with Crippen LogP contribution in [0.15, 0.2) is 158 Å². The smallest absolute Gasteiger partial charge is 0.164 e. The lowest BCUT2D eigenvalue weighted by molar-refractivity contribution is 1.08. The van der Waals surface area contributed by atoms with Crippen LogP contribution in [0.2, 0.25) is 0 Å². The summed E-state index contributed by atoms with van der Waals surface area (Å²) in [4.78, 5) is 15.2. The molecule has 0 saturated heterocycles. The van der Waals surface area contributed by atoms with Crippen molar-refractivity contribution in [2.24, 2.45) is 0 Å². The van der Waals surface area contributed by atoms with Gasteiger partial charge in [-0.15, -0.1) is 22.7 Å². The predicted molar refractivity (Wildman–Crippen MR) is 216 cm³/mol. The number of para-hydroxylation sites is 1. The maximum absolute atomic E-state index is 5.12. The Morgan fingerprint density at radius 3 is 1.73 bits per heavy atom. The summed E-state index contributed by atoms with van der Waals surface area (Å²) in [6.07, 6.45) is 0. The normalized spacial score (nSPS) is 11.9. The standard InChI is InChI=1S/C45H26N4S2/c1-3-12-27(13-4-1)43-46-44(28-14-5-2-6-15-28)48-45(47-43)32-18-11-21-38-40(32)33-26-29(22-24-37(33)51-38)49-34-19-9-7-16-30(34)41-35(49)23-25-39-42(41)31-17-8-10-20-36(31)50-39/h1-26H. The van der Waals surface area contributed by atoms with E-state index in [0.29, 0.717) is 17.5 Å². The lowest BCUT2D eigenvalue weighted by Crippen LogP contribution is -2.00. The average molecular weight is 687 g/mol. The Morgan fingerprint density at radius 2 is 0.961 bits per heavy atom. The van der Waals surface area contributed by atoms with Crippen molar-refractivity contribution in [3.8, 4) is 39.9 Å². The van der Waals surface area contributed by atoms with E-state index in [1.165, 1.54) is 56.8 Å². The molecule has 11 rings (SSSR count). The second-order valence-corrected chi connectivity index (χ2v) is 15.0. The fraction of sp³-hybridized carbons (Fsp3) is 0. The molecule has 0 N–H and O–H groups in total. The minimum absolute atomic E-state index is 0.661. The summed E-state index contributed by atoms with van der Waals surface area (Å²) in [5, 5.41) is 7.59. The molecule has 4 nitrogen and oxygen atoms in total. The van der Waals surface area contributed by atoms with Gasteiger partial charge >= 0.3 is 0 Å². The highest BCUT2D eigenvalue weighted by atomic mass is 32.1. The number of rotatable bonds is 4. The second-order valence-electron chi connectivity index (χ2n) is 12.8. The third-order valence-electron chi connectivity index (χ3n) is 9.85. The molecule has 0 saturated carbocycles. The Kier molecular flexibility index (Phi) is 6.26. The largest absolute Gasteiger partial charge is 0.309 e. The molecule has 4 aromatic heterocycles. The van der Waals surface area contributed by atoms with Gasteiger partial charge in [0, 0.05) is 73.5 Å². The zero-order valence-electron chi connectivity index (χ0n) is 27.1. The lowest BCUT2D eigenvalue weighted by Gasteiger charge is -2.10. The van der Waals surface area contributed by atoms with Crippen molar-refractivity contribution in [2.45, 2.75) is 0 Å². The van der Waals surface area contributed by atoms with Gasteiger partial charge in [0.1, 0.15) is 0 Å². The van der Waals surface area contributed by atoms with Gasteiger partial charge in [-0.05, 0) is 48.5 Å². The number of hydrogen-bond acceptors (Lipinski definition) is 5. The maximum Gasteiger partial charge on any atom is 0.164 e. The van der Waals surface area contributed by atoms with Crippen LogP contribution in [-0.2, 0) is 0 Å². The maximum atomic E-state index is 5.12. The molecule has 7 aromatic carbocycles. The summed E-state index contributed by atoms with van der Waals surface area (Å²) < 4.78 is 7.51. The third-order valence-corrected chi connectivity index (χ3v) is 12.1. The van der Waals surface area contributed by atoms with E-state index < -0.39 is 0 Å². The lowest BCUT2D eigenvalue weighted by atomic mass is 10.0. The van der Waals surface area contributed by atoms with Gasteiger partial charge < -0.3 is 4.57 Å². The van der Waals surface area contributed by atoms with Crippen LogP contribution in [0.3, 0.4) is 0 Å². The van der Waals surface area contributed by atoms with Gasteiger partial charge in [-0.3, -0.25) is 0 Å². The first-order valence-electron chi connectivity index (χ1n) is 16.9. The van der Waals surface area contributed by atoms with Gasteiger partial charge in [-0.2, -0.15) is 0 Å². The molecule has 0 aliphatic heterocycles. The van der Waals surface area contributed by atoms with Gasteiger partial charge in [0.05, 0.1) is 11.0 Å². The summed E-state index contributed by atoms with van der Waals surface area (Å²) in [7, 11) is 0. The van der Waals surface area contributed by atoms with Gasteiger partial charge in [0.2, 0.25) is 0 Å². The van der Waals surface area contributed by atoms with Gasteiger partial charge in [-0.25, -0.2) is 15.0 Å². The van der Waals surface area contributed by atoms with Crippen molar-refractivity contribution in [3.63, 3.8) is 0 Å². The quantitative estimate of drug-likeness (QED) is 0.185.